The van der Waals surface area contributed by atoms with Crippen molar-refractivity contribution in [1.29, 1.82) is 0 Å². The number of nitrogens with one attached hydrogen (secondary N) is 1. The number of aromatic hydroxyl groups is 1. The number of allylic oxidation sites excluding steroid dienone is 1. The standard InChI is InChI=1S/C17H16N6O/c1-10(11-6-7-14(24)20-9-11)8-21-16(19)15(18)17-22-12-4-2-3-5-13(12)23-17/h2-9H,1,18-19H2,(H,20,24)(H,22,23)/b16-15-,21-8-. The SMILES string of the molecule is C=C(/C=N\C(N)=C(/N)c1nc2ccccc2[nH]1)c1ccc(O)nc1. The summed E-state index contributed by atoms with van der Waals surface area (Å²) in [5.74, 6) is 0.529. The Morgan fingerprint density at radius 2 is 2.00 bits per heavy atom. The summed E-state index contributed by atoms with van der Waals surface area (Å²) < 4.78 is 0. The summed E-state index contributed by atoms with van der Waals surface area (Å²) in [5.41, 5.74) is 15.2. The average molecular weight is 320 g/mol. The van der Waals surface area contributed by atoms with E-state index >= 15 is 0 Å². The lowest BCUT2D eigenvalue weighted by Gasteiger charge is -2.01. The smallest absolute Gasteiger partial charge is 0.210 e. The topological polar surface area (TPSA) is 126 Å². The number of nitrogens with zero attached hydrogens (tertiary/aromatic N) is 3. The van der Waals surface area contributed by atoms with Crippen LogP contribution in [-0.4, -0.2) is 26.3 Å². The van der Waals surface area contributed by atoms with Crippen molar-refractivity contribution < 1.29 is 5.11 Å². The number of aromatic nitrogens is 3. The van der Waals surface area contributed by atoms with Crippen LogP contribution in [0, 0.1) is 0 Å². The summed E-state index contributed by atoms with van der Waals surface area (Å²) in [6.45, 7) is 3.88. The first-order valence-electron chi connectivity index (χ1n) is 7.13. The molecule has 0 bridgehead atoms. The number of para-hydroxylation sites is 2. The average Bonchev–Trinajstić information content (AvgIpc) is 3.03. The molecule has 0 aliphatic heterocycles. The van der Waals surface area contributed by atoms with Gasteiger partial charge in [0.1, 0.15) is 11.5 Å². The van der Waals surface area contributed by atoms with Crippen LogP contribution >= 0.6 is 0 Å². The highest BCUT2D eigenvalue weighted by atomic mass is 16.3. The predicted octanol–water partition coefficient (Wildman–Crippen LogP) is 1.99. The van der Waals surface area contributed by atoms with Crippen molar-refractivity contribution >= 4 is 28.5 Å². The molecule has 1 aromatic carbocycles. The molecule has 120 valence electrons. The number of nitrogens with two attached hydrogens (primary N) is 2. The van der Waals surface area contributed by atoms with Crippen LogP contribution in [0.5, 0.6) is 5.88 Å². The number of hydrogen-bond donors (Lipinski definition) is 4. The number of aliphatic imine (C=N–C) groups is 1. The minimum Gasteiger partial charge on any atom is -0.493 e. The Bertz CT molecular complexity index is 920. The van der Waals surface area contributed by atoms with Gasteiger partial charge in [0.15, 0.2) is 5.82 Å². The maximum Gasteiger partial charge on any atom is 0.210 e. The van der Waals surface area contributed by atoms with Crippen molar-refractivity contribution in [2.24, 2.45) is 16.5 Å². The fraction of sp³-hybridized carbons (Fsp3) is 0. The number of imidazole rings is 1. The lowest BCUT2D eigenvalue weighted by molar-refractivity contribution is 0.453. The Kier molecular flexibility index (Phi) is 3.98. The van der Waals surface area contributed by atoms with Crippen molar-refractivity contribution in [3.05, 3.63) is 66.4 Å². The van der Waals surface area contributed by atoms with Gasteiger partial charge in [0.2, 0.25) is 5.88 Å². The first-order valence-corrected chi connectivity index (χ1v) is 7.13. The van der Waals surface area contributed by atoms with Gasteiger partial charge in [-0.2, -0.15) is 0 Å². The molecule has 0 saturated carbocycles. The minimum absolute atomic E-state index is 0.0583. The maximum atomic E-state index is 9.19. The normalized spacial score (nSPS) is 12.5. The molecular formula is C17H16N6O. The molecule has 2 aromatic heterocycles. The number of fused-ring (bicyclic) bond motifs is 1. The second-order valence-corrected chi connectivity index (χ2v) is 5.09. The van der Waals surface area contributed by atoms with Crippen molar-refractivity contribution in [2.45, 2.75) is 0 Å². The molecular weight excluding hydrogens is 304 g/mol. The lowest BCUT2D eigenvalue weighted by atomic mass is 10.1. The first kappa shape index (κ1) is 15.3. The molecule has 0 fully saturated rings. The van der Waals surface area contributed by atoms with Crippen LogP contribution in [0.1, 0.15) is 11.4 Å². The van der Waals surface area contributed by atoms with Crippen LogP contribution in [0.4, 0.5) is 0 Å². The molecule has 0 atom stereocenters. The molecule has 3 aromatic rings. The van der Waals surface area contributed by atoms with Crippen LogP contribution in [0.25, 0.3) is 22.3 Å². The molecule has 7 nitrogen and oxygen atoms in total. The summed E-state index contributed by atoms with van der Waals surface area (Å²) in [6.07, 6.45) is 2.98. The maximum absolute atomic E-state index is 9.19. The van der Waals surface area contributed by atoms with Crippen LogP contribution in [0.15, 0.2) is 60.0 Å². The van der Waals surface area contributed by atoms with Crippen LogP contribution in [0.3, 0.4) is 0 Å². The summed E-state index contributed by atoms with van der Waals surface area (Å²) in [7, 11) is 0. The number of aromatic amines is 1. The molecule has 0 spiro atoms. The molecule has 0 amide bonds. The van der Waals surface area contributed by atoms with Crippen molar-refractivity contribution in [2.75, 3.05) is 0 Å². The molecule has 0 unspecified atom stereocenters. The molecule has 0 radical (unpaired) electrons. The van der Waals surface area contributed by atoms with Gasteiger partial charge in [-0.25, -0.2) is 15.0 Å². The van der Waals surface area contributed by atoms with Gasteiger partial charge in [-0.1, -0.05) is 18.7 Å². The molecule has 0 aliphatic rings. The third-order valence-corrected chi connectivity index (χ3v) is 3.40. The molecule has 2 heterocycles. The number of pyridine rings is 1. The highest BCUT2D eigenvalue weighted by Gasteiger charge is 2.08. The van der Waals surface area contributed by atoms with Gasteiger partial charge >= 0.3 is 0 Å². The Balaban J connectivity index is 1.83. The van der Waals surface area contributed by atoms with E-state index in [1.807, 2.05) is 24.3 Å². The van der Waals surface area contributed by atoms with Gasteiger partial charge in [0.05, 0.1) is 11.0 Å². The van der Waals surface area contributed by atoms with E-state index in [1.54, 1.807) is 6.07 Å². The van der Waals surface area contributed by atoms with E-state index in [9.17, 15) is 5.11 Å². The fourth-order valence-corrected chi connectivity index (χ4v) is 2.07. The van der Waals surface area contributed by atoms with Crippen LogP contribution < -0.4 is 11.5 Å². The van der Waals surface area contributed by atoms with Crippen LogP contribution in [-0.2, 0) is 0 Å². The summed E-state index contributed by atoms with van der Waals surface area (Å²) >= 11 is 0. The fourth-order valence-electron chi connectivity index (χ4n) is 2.07. The van der Waals surface area contributed by atoms with Gasteiger partial charge in [-0.15, -0.1) is 0 Å². The molecule has 0 saturated heterocycles. The van der Waals surface area contributed by atoms with Crippen molar-refractivity contribution in [3.63, 3.8) is 0 Å². The zero-order valence-corrected chi connectivity index (χ0v) is 12.8. The van der Waals surface area contributed by atoms with E-state index < -0.39 is 0 Å². The predicted molar refractivity (Wildman–Crippen MR) is 94.8 cm³/mol. The molecule has 3 rings (SSSR count). The summed E-state index contributed by atoms with van der Waals surface area (Å²) in [5, 5.41) is 9.19. The van der Waals surface area contributed by atoms with Gasteiger partial charge in [0.25, 0.3) is 0 Å². The second kappa shape index (κ2) is 6.25. The number of rotatable bonds is 4. The molecule has 6 N–H and O–H groups in total. The summed E-state index contributed by atoms with van der Waals surface area (Å²) in [4.78, 5) is 15.4. The third kappa shape index (κ3) is 3.09. The number of H-pyrrole nitrogens is 1. The number of benzene rings is 1. The Labute approximate surface area is 138 Å². The largest absolute Gasteiger partial charge is 0.493 e. The highest BCUT2D eigenvalue weighted by Crippen LogP contribution is 2.16. The van der Waals surface area contributed by atoms with Gasteiger partial charge < -0.3 is 21.6 Å². The first-order chi connectivity index (χ1) is 11.5. The lowest BCUT2D eigenvalue weighted by Crippen LogP contribution is -2.08. The zero-order chi connectivity index (χ0) is 17.1. The Morgan fingerprint density at radius 1 is 1.21 bits per heavy atom. The van der Waals surface area contributed by atoms with Crippen LogP contribution in [0.2, 0.25) is 0 Å². The van der Waals surface area contributed by atoms with E-state index in [2.05, 4.69) is 26.5 Å². The second-order valence-electron chi connectivity index (χ2n) is 5.09. The Hall–Kier alpha value is -3.61. The molecule has 0 aliphatic carbocycles. The van der Waals surface area contributed by atoms with E-state index in [0.29, 0.717) is 17.0 Å². The van der Waals surface area contributed by atoms with E-state index in [0.717, 1.165) is 11.0 Å². The highest BCUT2D eigenvalue weighted by molar-refractivity contribution is 6.09. The van der Waals surface area contributed by atoms with E-state index in [4.69, 9.17) is 11.5 Å². The molecule has 7 heteroatoms. The van der Waals surface area contributed by atoms with E-state index in [1.165, 1.54) is 18.5 Å². The van der Waals surface area contributed by atoms with Gasteiger partial charge in [0, 0.05) is 24.0 Å². The van der Waals surface area contributed by atoms with Gasteiger partial charge in [-0.3, -0.25) is 0 Å². The molecule has 24 heavy (non-hydrogen) atoms. The zero-order valence-electron chi connectivity index (χ0n) is 12.8. The van der Waals surface area contributed by atoms with Crippen molar-refractivity contribution in [1.82, 2.24) is 15.0 Å². The Morgan fingerprint density at radius 3 is 2.71 bits per heavy atom. The third-order valence-electron chi connectivity index (χ3n) is 3.40. The van der Waals surface area contributed by atoms with E-state index in [-0.39, 0.29) is 17.4 Å². The summed E-state index contributed by atoms with van der Waals surface area (Å²) in [6, 6.07) is 10.7. The minimum atomic E-state index is -0.0583. The number of hydrogen-bond acceptors (Lipinski definition) is 6. The quantitative estimate of drug-likeness (QED) is 0.547. The monoisotopic (exact) mass is 320 g/mol. The van der Waals surface area contributed by atoms with Gasteiger partial charge in [-0.05, 0) is 23.8 Å². The van der Waals surface area contributed by atoms with Crippen molar-refractivity contribution in [3.8, 4) is 5.88 Å².